The van der Waals surface area contributed by atoms with Crippen molar-refractivity contribution in [3.8, 4) is 0 Å². The Morgan fingerprint density at radius 2 is 1.82 bits per heavy atom. The standard InChI is InChI=1S/C11H10F2N2O2/c12-6-2-1-3-7(13)10(6)15-9(16)5-4-8(14)11(15)17/h1-3,8H,4-5,14H2. The average Bonchev–Trinajstić information content (AvgIpc) is 2.28. The van der Waals surface area contributed by atoms with Gasteiger partial charge in [0.1, 0.15) is 17.3 Å². The second kappa shape index (κ2) is 4.21. The molecule has 1 saturated heterocycles. The minimum absolute atomic E-state index is 0.000676. The summed E-state index contributed by atoms with van der Waals surface area (Å²) in [5.74, 6) is -3.33. The molecule has 17 heavy (non-hydrogen) atoms. The second-order valence-corrected chi connectivity index (χ2v) is 3.78. The zero-order chi connectivity index (χ0) is 12.6. The number of nitrogens with two attached hydrogens (primary N) is 1. The molecule has 1 unspecified atom stereocenters. The molecule has 1 heterocycles. The van der Waals surface area contributed by atoms with Crippen molar-refractivity contribution < 1.29 is 18.4 Å². The van der Waals surface area contributed by atoms with Crippen LogP contribution >= 0.6 is 0 Å². The SMILES string of the molecule is NC1CCC(=O)N(c2c(F)cccc2F)C1=O. The van der Waals surface area contributed by atoms with Crippen LogP contribution in [-0.2, 0) is 9.59 Å². The Morgan fingerprint density at radius 3 is 2.41 bits per heavy atom. The van der Waals surface area contributed by atoms with E-state index in [9.17, 15) is 18.4 Å². The van der Waals surface area contributed by atoms with Crippen molar-refractivity contribution in [1.82, 2.24) is 0 Å². The molecule has 1 fully saturated rings. The summed E-state index contributed by atoms with van der Waals surface area (Å²) in [6.45, 7) is 0. The Morgan fingerprint density at radius 1 is 1.24 bits per heavy atom. The van der Waals surface area contributed by atoms with E-state index in [4.69, 9.17) is 5.73 Å². The third-order valence-corrected chi connectivity index (χ3v) is 2.62. The molecule has 2 N–H and O–H groups in total. The van der Waals surface area contributed by atoms with Crippen LogP contribution in [0.3, 0.4) is 0 Å². The van der Waals surface area contributed by atoms with Crippen molar-refractivity contribution in [3.63, 3.8) is 0 Å². The average molecular weight is 240 g/mol. The number of imide groups is 1. The van der Waals surface area contributed by atoms with Crippen molar-refractivity contribution in [1.29, 1.82) is 0 Å². The maximum Gasteiger partial charge on any atom is 0.250 e. The van der Waals surface area contributed by atoms with E-state index in [0.717, 1.165) is 18.2 Å². The fourth-order valence-electron chi connectivity index (χ4n) is 1.74. The molecule has 1 aromatic rings. The first-order valence-electron chi connectivity index (χ1n) is 5.08. The lowest BCUT2D eigenvalue weighted by Crippen LogP contribution is -2.52. The van der Waals surface area contributed by atoms with Crippen molar-refractivity contribution >= 4 is 17.5 Å². The minimum Gasteiger partial charge on any atom is -0.320 e. The zero-order valence-electron chi connectivity index (χ0n) is 8.82. The number of hydrogen-bond acceptors (Lipinski definition) is 3. The van der Waals surface area contributed by atoms with Crippen LogP contribution in [0.4, 0.5) is 14.5 Å². The number of halogens is 2. The highest BCUT2D eigenvalue weighted by molar-refractivity contribution is 6.18. The van der Waals surface area contributed by atoms with Gasteiger partial charge in [-0.15, -0.1) is 0 Å². The summed E-state index contributed by atoms with van der Waals surface area (Å²) in [7, 11) is 0. The molecule has 0 bridgehead atoms. The largest absolute Gasteiger partial charge is 0.320 e. The number of anilines is 1. The summed E-state index contributed by atoms with van der Waals surface area (Å²) < 4.78 is 27.0. The molecule has 0 aliphatic carbocycles. The van der Waals surface area contributed by atoms with Gasteiger partial charge in [-0.1, -0.05) is 6.07 Å². The van der Waals surface area contributed by atoms with Gasteiger partial charge < -0.3 is 5.73 Å². The highest BCUT2D eigenvalue weighted by Crippen LogP contribution is 2.27. The first-order chi connectivity index (χ1) is 8.02. The van der Waals surface area contributed by atoms with E-state index >= 15 is 0 Å². The second-order valence-electron chi connectivity index (χ2n) is 3.78. The molecule has 2 amide bonds. The van der Waals surface area contributed by atoms with Gasteiger partial charge in [0.15, 0.2) is 0 Å². The van der Waals surface area contributed by atoms with Crippen LogP contribution in [0.5, 0.6) is 0 Å². The Labute approximate surface area is 96.0 Å². The molecule has 1 atom stereocenters. The van der Waals surface area contributed by atoms with Gasteiger partial charge in [0.05, 0.1) is 6.04 Å². The van der Waals surface area contributed by atoms with E-state index in [1.165, 1.54) is 0 Å². The molecule has 1 aliphatic rings. The van der Waals surface area contributed by atoms with Crippen LogP contribution in [0.25, 0.3) is 0 Å². The highest BCUT2D eigenvalue weighted by atomic mass is 19.1. The van der Waals surface area contributed by atoms with Gasteiger partial charge in [-0.3, -0.25) is 9.59 Å². The molecule has 0 aromatic heterocycles. The van der Waals surface area contributed by atoms with Crippen LogP contribution in [0, 0.1) is 11.6 Å². The van der Waals surface area contributed by atoms with Crippen LogP contribution in [0.2, 0.25) is 0 Å². The third-order valence-electron chi connectivity index (χ3n) is 2.62. The lowest BCUT2D eigenvalue weighted by molar-refractivity contribution is -0.130. The van der Waals surface area contributed by atoms with Gasteiger partial charge in [-0.2, -0.15) is 0 Å². The smallest absolute Gasteiger partial charge is 0.250 e. The van der Waals surface area contributed by atoms with Crippen LogP contribution in [0.1, 0.15) is 12.8 Å². The minimum atomic E-state index is -0.958. The molecule has 6 heteroatoms. The molecule has 1 aliphatic heterocycles. The number of amides is 2. The van der Waals surface area contributed by atoms with Crippen molar-refractivity contribution in [2.45, 2.75) is 18.9 Å². The molecule has 4 nitrogen and oxygen atoms in total. The quantitative estimate of drug-likeness (QED) is 0.743. The van der Waals surface area contributed by atoms with Crippen LogP contribution in [-0.4, -0.2) is 17.9 Å². The van der Waals surface area contributed by atoms with Crippen molar-refractivity contribution in [2.24, 2.45) is 5.73 Å². The maximum atomic E-state index is 13.5. The predicted octanol–water partition coefficient (Wildman–Crippen LogP) is 0.946. The molecule has 90 valence electrons. The number of nitrogens with zero attached hydrogens (tertiary/aromatic N) is 1. The molecule has 0 spiro atoms. The summed E-state index contributed by atoms with van der Waals surface area (Å²) >= 11 is 0. The molecule has 0 saturated carbocycles. The van der Waals surface area contributed by atoms with E-state index in [0.29, 0.717) is 4.90 Å². The maximum absolute atomic E-state index is 13.5. The van der Waals surface area contributed by atoms with Crippen molar-refractivity contribution in [3.05, 3.63) is 29.8 Å². The Balaban J connectivity index is 2.50. The summed E-state index contributed by atoms with van der Waals surface area (Å²) in [5, 5.41) is 0. The first kappa shape index (κ1) is 11.7. The molecule has 1 aromatic carbocycles. The molecule has 0 radical (unpaired) electrons. The van der Waals surface area contributed by atoms with Crippen molar-refractivity contribution in [2.75, 3.05) is 4.90 Å². The summed E-state index contributed by atoms with van der Waals surface area (Å²) in [5.41, 5.74) is 4.84. The number of rotatable bonds is 1. The monoisotopic (exact) mass is 240 g/mol. The highest BCUT2D eigenvalue weighted by Gasteiger charge is 2.36. The summed E-state index contributed by atoms with van der Waals surface area (Å²) in [4.78, 5) is 23.8. The lowest BCUT2D eigenvalue weighted by atomic mass is 10.0. The molecular formula is C11H10F2N2O2. The number of para-hydroxylation sites is 1. The van der Waals surface area contributed by atoms with E-state index in [1.807, 2.05) is 0 Å². The van der Waals surface area contributed by atoms with Gasteiger partial charge >= 0.3 is 0 Å². The normalized spacial score (nSPS) is 20.9. The first-order valence-corrected chi connectivity index (χ1v) is 5.08. The lowest BCUT2D eigenvalue weighted by Gasteiger charge is -2.28. The number of benzene rings is 1. The van der Waals surface area contributed by atoms with Crippen LogP contribution < -0.4 is 10.6 Å². The number of hydrogen-bond donors (Lipinski definition) is 1. The zero-order valence-corrected chi connectivity index (χ0v) is 8.82. The molecular weight excluding hydrogens is 230 g/mol. The van der Waals surface area contributed by atoms with Gasteiger partial charge in [0, 0.05) is 6.42 Å². The summed E-state index contributed by atoms with van der Waals surface area (Å²) in [6.07, 6.45) is 0.199. The number of piperidine rings is 1. The molecule has 2 rings (SSSR count). The number of carbonyl (C=O) groups is 2. The Hall–Kier alpha value is -1.82. The van der Waals surface area contributed by atoms with Gasteiger partial charge in [0.2, 0.25) is 5.91 Å². The van der Waals surface area contributed by atoms with E-state index in [2.05, 4.69) is 0 Å². The fraction of sp³-hybridized carbons (Fsp3) is 0.273. The Kier molecular flexibility index (Phi) is 2.89. The van der Waals surface area contributed by atoms with Gasteiger partial charge in [-0.25, -0.2) is 13.7 Å². The van der Waals surface area contributed by atoms with Crippen LogP contribution in [0.15, 0.2) is 18.2 Å². The van der Waals surface area contributed by atoms with E-state index < -0.39 is 35.2 Å². The summed E-state index contributed by atoms with van der Waals surface area (Å²) in [6, 6.07) is 2.23. The Bertz CT molecular complexity index is 470. The third kappa shape index (κ3) is 1.91. The van der Waals surface area contributed by atoms with Gasteiger partial charge in [0.25, 0.3) is 5.91 Å². The van der Waals surface area contributed by atoms with E-state index in [-0.39, 0.29) is 12.8 Å². The fourth-order valence-corrected chi connectivity index (χ4v) is 1.74. The van der Waals surface area contributed by atoms with E-state index in [1.54, 1.807) is 0 Å². The predicted molar refractivity (Wildman–Crippen MR) is 56.1 cm³/mol. The topological polar surface area (TPSA) is 63.4 Å². The number of carbonyl (C=O) groups excluding carboxylic acids is 2. The van der Waals surface area contributed by atoms with Gasteiger partial charge in [-0.05, 0) is 18.6 Å².